The lowest BCUT2D eigenvalue weighted by Gasteiger charge is -2.62. The van der Waals surface area contributed by atoms with Crippen molar-refractivity contribution in [3.8, 4) is 16.9 Å². The van der Waals surface area contributed by atoms with Crippen LogP contribution in [0.3, 0.4) is 0 Å². The lowest BCUT2D eigenvalue weighted by molar-refractivity contribution is -0.384. The quantitative estimate of drug-likeness (QED) is 0.106. The Balaban J connectivity index is 1.21. The third kappa shape index (κ3) is 7.92. The lowest BCUT2D eigenvalue weighted by Crippen LogP contribution is -2.62. The highest BCUT2D eigenvalue weighted by Crippen LogP contribution is 2.61. The van der Waals surface area contributed by atoms with Gasteiger partial charge >= 0.3 is 6.16 Å². The van der Waals surface area contributed by atoms with Crippen molar-refractivity contribution in [3.05, 3.63) is 94.0 Å². The Hall–Kier alpha value is -4.85. The zero-order valence-corrected chi connectivity index (χ0v) is 30.9. The van der Waals surface area contributed by atoms with Gasteiger partial charge in [-0.25, -0.2) is 4.79 Å². The van der Waals surface area contributed by atoms with Gasteiger partial charge < -0.3 is 24.8 Å². The predicted octanol–water partition coefficient (Wildman–Crippen LogP) is 5.85. The summed E-state index contributed by atoms with van der Waals surface area (Å²) in [4.78, 5) is 57.7. The van der Waals surface area contributed by atoms with E-state index in [-0.39, 0.29) is 53.8 Å². The Labute approximate surface area is 309 Å². The summed E-state index contributed by atoms with van der Waals surface area (Å²) in [6.07, 6.45) is -0.923. The summed E-state index contributed by atoms with van der Waals surface area (Å²) in [5, 5.41) is 27.0. The van der Waals surface area contributed by atoms with Crippen LogP contribution in [0.25, 0.3) is 11.1 Å². The number of carbonyl (C=O) groups excluding carboxylic acids is 3. The number of ether oxygens (including phenoxy) is 2. The first-order valence-electron chi connectivity index (χ1n) is 18.1. The number of hydroxylamine groups is 2. The van der Waals surface area contributed by atoms with E-state index in [4.69, 9.17) is 14.3 Å². The standard InChI is InChI=1S/C40H48N4O9/c1-23-32-19-29(40(32,3)4)20-33(23)41-37(46)36-35(24(2)45)34(22-51-39(48)52-31-16-14-30(15-17-31)44(49)50)53-43(36)21-25-8-7-9-28(18-25)26-10-12-27(13-11-26)38(47)42(5)6/h7-18,23-24,29,32-36,45H,19-22H2,1-6H3,(H,41,46)/t23-,24-,29?,32-,33-,34-,35+,36-/m0/s1. The highest BCUT2D eigenvalue weighted by atomic mass is 16.7. The van der Waals surface area contributed by atoms with E-state index in [1.54, 1.807) is 38.2 Å². The van der Waals surface area contributed by atoms with Crippen LogP contribution in [-0.4, -0.2) is 83.0 Å². The molecule has 2 amide bonds. The molecule has 7 rings (SSSR count). The minimum absolute atomic E-state index is 0.0200. The zero-order chi connectivity index (χ0) is 38.2. The molecule has 2 bridgehead atoms. The molecule has 1 saturated heterocycles. The maximum absolute atomic E-state index is 14.3. The molecule has 3 aromatic carbocycles. The molecule has 3 saturated carbocycles. The molecule has 2 N–H and O–H groups in total. The Bertz CT molecular complexity index is 1830. The van der Waals surface area contributed by atoms with Crippen molar-refractivity contribution in [1.82, 2.24) is 15.3 Å². The summed E-state index contributed by atoms with van der Waals surface area (Å²) in [6, 6.07) is 19.2. The maximum atomic E-state index is 14.3. The van der Waals surface area contributed by atoms with E-state index in [9.17, 15) is 29.6 Å². The molecule has 4 aliphatic rings. The fraction of sp³-hybridized carbons (Fsp3) is 0.475. The number of aliphatic hydroxyl groups excluding tert-OH is 1. The van der Waals surface area contributed by atoms with E-state index in [1.807, 2.05) is 36.4 Å². The SMILES string of the molecule is C[C@@H]1[C@@H](NC(=O)[C@@H]2[C@H]([C@H](C)O)[C@H](COC(=O)Oc3ccc([N+](=O)[O-])cc3)ON2Cc2cccc(-c3ccc(C(=O)N(C)C)cc3)c2)CC2C[C@@H]1C2(C)C. The van der Waals surface area contributed by atoms with E-state index in [2.05, 4.69) is 26.1 Å². The molecule has 13 nitrogen and oxygen atoms in total. The third-order valence-corrected chi connectivity index (χ3v) is 11.6. The zero-order valence-electron chi connectivity index (χ0n) is 30.9. The third-order valence-electron chi connectivity index (χ3n) is 11.6. The largest absolute Gasteiger partial charge is 0.513 e. The Morgan fingerprint density at radius 1 is 1.06 bits per heavy atom. The second-order valence-electron chi connectivity index (χ2n) is 15.4. The van der Waals surface area contributed by atoms with Crippen molar-refractivity contribution in [2.75, 3.05) is 20.7 Å². The van der Waals surface area contributed by atoms with Crippen molar-refractivity contribution in [1.29, 1.82) is 0 Å². The van der Waals surface area contributed by atoms with E-state index < -0.39 is 35.2 Å². The van der Waals surface area contributed by atoms with Gasteiger partial charge in [0.1, 0.15) is 24.5 Å². The highest BCUT2D eigenvalue weighted by molar-refractivity contribution is 5.94. The van der Waals surface area contributed by atoms with Gasteiger partial charge in [-0.2, -0.15) is 5.06 Å². The Morgan fingerprint density at radius 2 is 1.75 bits per heavy atom. The number of nitro groups is 1. The first kappa shape index (κ1) is 37.9. The second-order valence-corrected chi connectivity index (χ2v) is 15.4. The second kappa shape index (κ2) is 15.2. The number of fused-ring (bicyclic) bond motifs is 2. The van der Waals surface area contributed by atoms with E-state index in [1.165, 1.54) is 29.2 Å². The van der Waals surface area contributed by atoms with Gasteiger partial charge in [-0.3, -0.25) is 24.5 Å². The fourth-order valence-corrected chi connectivity index (χ4v) is 8.48. The molecule has 1 heterocycles. The number of non-ortho nitro benzene ring substituents is 1. The van der Waals surface area contributed by atoms with Crippen molar-refractivity contribution in [2.45, 2.75) is 71.4 Å². The molecule has 4 fully saturated rings. The number of rotatable bonds is 11. The molecule has 282 valence electrons. The molecule has 8 atom stereocenters. The number of benzene rings is 3. The van der Waals surface area contributed by atoms with Gasteiger partial charge in [0.2, 0.25) is 5.91 Å². The number of nitro benzene ring substituents is 1. The first-order chi connectivity index (χ1) is 25.1. The van der Waals surface area contributed by atoms with Gasteiger partial charge in [0.25, 0.3) is 11.6 Å². The van der Waals surface area contributed by atoms with Crippen molar-refractivity contribution < 1.29 is 38.7 Å². The maximum Gasteiger partial charge on any atom is 0.513 e. The van der Waals surface area contributed by atoms with Gasteiger partial charge in [-0.1, -0.05) is 51.1 Å². The summed E-state index contributed by atoms with van der Waals surface area (Å²) in [6.45, 7) is 8.26. The Kier molecular flexibility index (Phi) is 10.9. The average molecular weight is 729 g/mol. The van der Waals surface area contributed by atoms with Crippen LogP contribution in [0, 0.1) is 39.2 Å². The molecule has 3 aliphatic carbocycles. The topological polar surface area (TPSA) is 161 Å². The van der Waals surface area contributed by atoms with Crippen LogP contribution < -0.4 is 10.1 Å². The normalized spacial score (nSPS) is 26.5. The van der Waals surface area contributed by atoms with Gasteiger partial charge in [0, 0.05) is 43.8 Å². The molecule has 3 aromatic rings. The summed E-state index contributed by atoms with van der Waals surface area (Å²) in [7, 11) is 3.41. The van der Waals surface area contributed by atoms with Crippen molar-refractivity contribution in [2.24, 2.45) is 29.1 Å². The number of aliphatic hydroxyl groups is 1. The van der Waals surface area contributed by atoms with Gasteiger partial charge in [0.05, 0.1) is 17.6 Å². The summed E-state index contributed by atoms with van der Waals surface area (Å²) in [5.41, 5.74) is 3.32. The molecular weight excluding hydrogens is 680 g/mol. The highest BCUT2D eigenvalue weighted by Gasteiger charge is 2.57. The van der Waals surface area contributed by atoms with Crippen LogP contribution in [0.4, 0.5) is 10.5 Å². The predicted molar refractivity (Wildman–Crippen MR) is 195 cm³/mol. The summed E-state index contributed by atoms with van der Waals surface area (Å²) >= 11 is 0. The summed E-state index contributed by atoms with van der Waals surface area (Å²) in [5.74, 6) is 0.255. The Morgan fingerprint density at radius 3 is 2.36 bits per heavy atom. The molecule has 53 heavy (non-hydrogen) atoms. The van der Waals surface area contributed by atoms with Crippen LogP contribution in [0.1, 0.15) is 56.5 Å². The molecule has 0 spiro atoms. The fourth-order valence-electron chi connectivity index (χ4n) is 8.48. The van der Waals surface area contributed by atoms with E-state index in [0.717, 1.165) is 29.5 Å². The van der Waals surface area contributed by atoms with Crippen LogP contribution in [-0.2, 0) is 20.9 Å². The molecular formula is C40H48N4O9. The smallest absolute Gasteiger partial charge is 0.431 e. The van der Waals surface area contributed by atoms with Crippen molar-refractivity contribution in [3.63, 3.8) is 0 Å². The molecule has 1 unspecified atom stereocenters. The van der Waals surface area contributed by atoms with Crippen LogP contribution >= 0.6 is 0 Å². The van der Waals surface area contributed by atoms with Crippen LogP contribution in [0.2, 0.25) is 0 Å². The monoisotopic (exact) mass is 728 g/mol. The van der Waals surface area contributed by atoms with Gasteiger partial charge in [-0.05, 0) is 90.0 Å². The lowest BCUT2D eigenvalue weighted by atomic mass is 9.45. The van der Waals surface area contributed by atoms with Crippen LogP contribution in [0.15, 0.2) is 72.8 Å². The number of amides is 2. The minimum Gasteiger partial charge on any atom is -0.431 e. The van der Waals surface area contributed by atoms with Gasteiger partial charge in [-0.15, -0.1) is 0 Å². The minimum atomic E-state index is -1.06. The average Bonchev–Trinajstić information content (AvgIpc) is 3.49. The number of nitrogens with zero attached hydrogens (tertiary/aromatic N) is 3. The number of hydrogen-bond donors (Lipinski definition) is 2. The number of hydrogen-bond acceptors (Lipinski definition) is 10. The van der Waals surface area contributed by atoms with Crippen LogP contribution in [0.5, 0.6) is 5.75 Å². The molecule has 13 heteroatoms. The van der Waals surface area contributed by atoms with Gasteiger partial charge in [0.15, 0.2) is 0 Å². The van der Waals surface area contributed by atoms with Crippen molar-refractivity contribution >= 4 is 23.7 Å². The molecule has 0 radical (unpaired) electrons. The summed E-state index contributed by atoms with van der Waals surface area (Å²) < 4.78 is 10.6. The first-order valence-corrected chi connectivity index (χ1v) is 18.1. The van der Waals surface area contributed by atoms with E-state index >= 15 is 0 Å². The number of carbonyl (C=O) groups is 3. The molecule has 1 aliphatic heterocycles. The number of nitrogens with one attached hydrogen (secondary N) is 1. The van der Waals surface area contributed by atoms with E-state index in [0.29, 0.717) is 17.4 Å². The molecule has 0 aromatic heterocycles.